The third-order valence-electron chi connectivity index (χ3n) is 3.72. The van der Waals surface area contributed by atoms with Crippen LogP contribution in [0.3, 0.4) is 0 Å². The van der Waals surface area contributed by atoms with Crippen LogP contribution in [0.1, 0.15) is 50.5 Å². The molecule has 0 bridgehead atoms. The van der Waals surface area contributed by atoms with Gasteiger partial charge in [-0.15, -0.1) is 0 Å². The van der Waals surface area contributed by atoms with Gasteiger partial charge in [0.25, 0.3) is 5.91 Å². The van der Waals surface area contributed by atoms with Gasteiger partial charge in [0, 0.05) is 12.6 Å². The number of halogens is 1. The molecule has 1 aromatic heterocycles. The van der Waals surface area contributed by atoms with Crippen LogP contribution in [0, 0.1) is 5.41 Å². The predicted molar refractivity (Wildman–Crippen MR) is 82.3 cm³/mol. The predicted octanol–water partition coefficient (Wildman–Crippen LogP) is 3.48. The standard InChI is InChI=1S/C15H22ClN3O/c1-4-17-12-6-5-11(16)13(19-12)14(20)18-10-7-8-15(2,3)9-10/h5-6,10H,4,7-9H2,1-3H3,(H,17,19)(H,18,20). The molecule has 0 radical (unpaired) electrons. The molecule has 1 amide bonds. The molecule has 0 saturated heterocycles. The minimum absolute atomic E-state index is 0.183. The molecule has 1 atom stereocenters. The number of hydrogen-bond acceptors (Lipinski definition) is 3. The number of rotatable bonds is 4. The molecule has 1 aliphatic carbocycles. The molecule has 0 aromatic carbocycles. The summed E-state index contributed by atoms with van der Waals surface area (Å²) >= 11 is 6.08. The van der Waals surface area contributed by atoms with Gasteiger partial charge in [-0.1, -0.05) is 25.4 Å². The summed E-state index contributed by atoms with van der Waals surface area (Å²) in [5.74, 6) is 0.492. The van der Waals surface area contributed by atoms with Crippen molar-refractivity contribution in [3.63, 3.8) is 0 Å². The van der Waals surface area contributed by atoms with E-state index in [1.807, 2.05) is 6.92 Å². The molecule has 4 nitrogen and oxygen atoms in total. The van der Waals surface area contributed by atoms with E-state index < -0.39 is 0 Å². The molecule has 0 spiro atoms. The summed E-state index contributed by atoms with van der Waals surface area (Å²) in [6, 6.07) is 3.71. The monoisotopic (exact) mass is 295 g/mol. The van der Waals surface area contributed by atoms with Crippen molar-refractivity contribution >= 4 is 23.3 Å². The molecule has 0 aliphatic heterocycles. The number of pyridine rings is 1. The number of aromatic nitrogens is 1. The first-order chi connectivity index (χ1) is 9.41. The fourth-order valence-corrected chi connectivity index (χ4v) is 2.89. The van der Waals surface area contributed by atoms with Gasteiger partial charge in [-0.2, -0.15) is 0 Å². The third-order valence-corrected chi connectivity index (χ3v) is 4.03. The number of nitrogens with one attached hydrogen (secondary N) is 2. The Morgan fingerprint density at radius 3 is 2.85 bits per heavy atom. The Kier molecular flexibility index (Phi) is 4.53. The first kappa shape index (κ1) is 15.1. The first-order valence-electron chi connectivity index (χ1n) is 7.12. The molecule has 1 fully saturated rings. The van der Waals surface area contributed by atoms with Crippen LogP contribution in [0.15, 0.2) is 12.1 Å². The van der Waals surface area contributed by atoms with E-state index in [2.05, 4.69) is 29.5 Å². The molecule has 1 aliphatic rings. The highest BCUT2D eigenvalue weighted by Gasteiger charge is 2.32. The van der Waals surface area contributed by atoms with Gasteiger partial charge in [-0.05, 0) is 43.7 Å². The highest BCUT2D eigenvalue weighted by atomic mass is 35.5. The van der Waals surface area contributed by atoms with Crippen molar-refractivity contribution in [2.75, 3.05) is 11.9 Å². The van der Waals surface area contributed by atoms with Crippen molar-refractivity contribution in [3.8, 4) is 0 Å². The minimum Gasteiger partial charge on any atom is -0.370 e. The number of hydrogen-bond donors (Lipinski definition) is 2. The fraction of sp³-hybridized carbons (Fsp3) is 0.600. The Balaban J connectivity index is 2.07. The number of anilines is 1. The number of amides is 1. The molecular formula is C15H22ClN3O. The lowest BCUT2D eigenvalue weighted by atomic mass is 9.92. The van der Waals surface area contributed by atoms with Gasteiger partial charge in [-0.25, -0.2) is 4.98 Å². The second kappa shape index (κ2) is 6.00. The van der Waals surface area contributed by atoms with Crippen LogP contribution in [-0.4, -0.2) is 23.5 Å². The van der Waals surface area contributed by atoms with Crippen LogP contribution in [0.4, 0.5) is 5.82 Å². The van der Waals surface area contributed by atoms with Crippen LogP contribution < -0.4 is 10.6 Å². The first-order valence-corrected chi connectivity index (χ1v) is 7.50. The van der Waals surface area contributed by atoms with Crippen molar-refractivity contribution in [2.45, 2.75) is 46.1 Å². The molecule has 1 saturated carbocycles. The lowest BCUT2D eigenvalue weighted by molar-refractivity contribution is 0.0931. The summed E-state index contributed by atoms with van der Waals surface area (Å²) < 4.78 is 0. The van der Waals surface area contributed by atoms with E-state index in [1.54, 1.807) is 12.1 Å². The van der Waals surface area contributed by atoms with E-state index in [-0.39, 0.29) is 11.9 Å². The molecular weight excluding hydrogens is 274 g/mol. The summed E-state index contributed by atoms with van der Waals surface area (Å²) in [6.07, 6.45) is 3.16. The van der Waals surface area contributed by atoms with Crippen molar-refractivity contribution in [3.05, 3.63) is 22.8 Å². The number of nitrogens with zero attached hydrogens (tertiary/aromatic N) is 1. The van der Waals surface area contributed by atoms with Gasteiger partial charge in [0.2, 0.25) is 0 Å². The van der Waals surface area contributed by atoms with Crippen LogP contribution in [-0.2, 0) is 0 Å². The second-order valence-electron chi connectivity index (χ2n) is 6.13. The highest BCUT2D eigenvalue weighted by molar-refractivity contribution is 6.33. The number of carbonyl (C=O) groups is 1. The minimum atomic E-state index is -0.183. The van der Waals surface area contributed by atoms with Gasteiger partial charge in [0.1, 0.15) is 11.5 Å². The quantitative estimate of drug-likeness (QED) is 0.894. The summed E-state index contributed by atoms with van der Waals surface area (Å²) in [7, 11) is 0. The van der Waals surface area contributed by atoms with Gasteiger partial charge >= 0.3 is 0 Å². The smallest absolute Gasteiger partial charge is 0.271 e. The van der Waals surface area contributed by atoms with Crippen LogP contribution in [0.25, 0.3) is 0 Å². The third kappa shape index (κ3) is 3.63. The summed E-state index contributed by atoms with van der Waals surface area (Å²) in [5.41, 5.74) is 0.607. The summed E-state index contributed by atoms with van der Waals surface area (Å²) in [4.78, 5) is 16.6. The average molecular weight is 296 g/mol. The van der Waals surface area contributed by atoms with E-state index in [4.69, 9.17) is 11.6 Å². The van der Waals surface area contributed by atoms with E-state index in [9.17, 15) is 4.79 Å². The van der Waals surface area contributed by atoms with Crippen LogP contribution in [0.2, 0.25) is 5.02 Å². The van der Waals surface area contributed by atoms with Gasteiger partial charge < -0.3 is 10.6 Å². The van der Waals surface area contributed by atoms with E-state index >= 15 is 0 Å². The fourth-order valence-electron chi connectivity index (χ4n) is 2.69. The zero-order valence-corrected chi connectivity index (χ0v) is 13.0. The van der Waals surface area contributed by atoms with Crippen molar-refractivity contribution < 1.29 is 4.79 Å². The lowest BCUT2D eigenvalue weighted by Crippen LogP contribution is -2.34. The molecule has 1 aromatic rings. The van der Waals surface area contributed by atoms with E-state index in [0.29, 0.717) is 21.9 Å². The maximum Gasteiger partial charge on any atom is 0.271 e. The van der Waals surface area contributed by atoms with Crippen LogP contribution >= 0.6 is 11.6 Å². The zero-order chi connectivity index (χ0) is 14.8. The molecule has 5 heteroatoms. The number of carbonyl (C=O) groups excluding carboxylic acids is 1. The Hall–Kier alpha value is -1.29. The Morgan fingerprint density at radius 2 is 2.25 bits per heavy atom. The second-order valence-corrected chi connectivity index (χ2v) is 6.54. The summed E-state index contributed by atoms with van der Waals surface area (Å²) in [6.45, 7) is 7.20. The van der Waals surface area contributed by atoms with Gasteiger partial charge in [-0.3, -0.25) is 4.79 Å². The van der Waals surface area contributed by atoms with Gasteiger partial charge in [0.05, 0.1) is 5.02 Å². The van der Waals surface area contributed by atoms with Gasteiger partial charge in [0.15, 0.2) is 0 Å². The molecule has 110 valence electrons. The maximum absolute atomic E-state index is 12.3. The van der Waals surface area contributed by atoms with E-state index in [0.717, 1.165) is 25.8 Å². The molecule has 2 N–H and O–H groups in total. The molecule has 2 rings (SSSR count). The van der Waals surface area contributed by atoms with Crippen LogP contribution in [0.5, 0.6) is 0 Å². The maximum atomic E-state index is 12.3. The Bertz CT molecular complexity index is 502. The highest BCUT2D eigenvalue weighted by Crippen LogP contribution is 2.37. The van der Waals surface area contributed by atoms with E-state index in [1.165, 1.54) is 0 Å². The van der Waals surface area contributed by atoms with Crippen molar-refractivity contribution in [2.24, 2.45) is 5.41 Å². The van der Waals surface area contributed by atoms with Crippen molar-refractivity contribution in [1.29, 1.82) is 0 Å². The normalized spacial score (nSPS) is 20.7. The average Bonchev–Trinajstić information content (AvgIpc) is 2.71. The molecule has 1 unspecified atom stereocenters. The molecule has 1 heterocycles. The SMILES string of the molecule is CCNc1ccc(Cl)c(C(=O)NC2CCC(C)(C)C2)n1. The Morgan fingerprint density at radius 1 is 1.50 bits per heavy atom. The molecule has 20 heavy (non-hydrogen) atoms. The lowest BCUT2D eigenvalue weighted by Gasteiger charge is -2.18. The van der Waals surface area contributed by atoms with Crippen molar-refractivity contribution in [1.82, 2.24) is 10.3 Å². The largest absolute Gasteiger partial charge is 0.370 e. The topological polar surface area (TPSA) is 54.0 Å². The summed E-state index contributed by atoms with van der Waals surface area (Å²) in [5, 5.41) is 6.52. The Labute approximate surface area is 125 Å². The zero-order valence-electron chi connectivity index (χ0n) is 12.3.